The fraction of sp³-hybridized carbons (Fsp3) is 0.0500. The fourth-order valence-electron chi connectivity index (χ4n) is 2.57. The maximum Gasteiger partial charge on any atom is 0.252 e. The minimum Gasteiger partial charge on any atom is -0.384 e. The van der Waals surface area contributed by atoms with Crippen LogP contribution in [0.15, 0.2) is 66.9 Å². The van der Waals surface area contributed by atoms with Crippen molar-refractivity contribution in [3.8, 4) is 0 Å². The Bertz CT molecular complexity index is 1010. The number of halogens is 2. The molecule has 28 heavy (non-hydrogen) atoms. The molecular formula is C20H17Cl2N5O. The maximum absolute atomic E-state index is 12.9. The van der Waals surface area contributed by atoms with Crippen LogP contribution >= 0.6 is 23.2 Å². The second-order valence-electron chi connectivity index (χ2n) is 5.95. The normalized spacial score (nSPS) is 11.5. The molecule has 2 aromatic carbocycles. The largest absolute Gasteiger partial charge is 0.384 e. The third-order valence-electron chi connectivity index (χ3n) is 3.94. The van der Waals surface area contributed by atoms with Gasteiger partial charge in [-0.3, -0.25) is 10.2 Å². The summed E-state index contributed by atoms with van der Waals surface area (Å²) in [5, 5.41) is 14.7. The molecule has 0 radical (unpaired) electrons. The predicted octanol–water partition coefficient (Wildman–Crippen LogP) is 4.27. The molecule has 0 saturated heterocycles. The Kier molecular flexibility index (Phi) is 6.13. The van der Waals surface area contributed by atoms with Crippen molar-refractivity contribution in [2.75, 3.05) is 11.1 Å². The number of amidine groups is 1. The topological polar surface area (TPSA) is 104 Å². The molecule has 0 aliphatic rings. The van der Waals surface area contributed by atoms with E-state index < -0.39 is 11.9 Å². The second kappa shape index (κ2) is 8.73. The van der Waals surface area contributed by atoms with Crippen LogP contribution in [0.2, 0.25) is 10.0 Å². The quantitative estimate of drug-likeness (QED) is 0.370. The van der Waals surface area contributed by atoms with Crippen molar-refractivity contribution in [3.05, 3.63) is 88.0 Å². The minimum absolute atomic E-state index is 0.0732. The van der Waals surface area contributed by atoms with Crippen LogP contribution in [0, 0.1) is 5.41 Å². The lowest BCUT2D eigenvalue weighted by Gasteiger charge is -2.20. The Morgan fingerprint density at radius 2 is 1.79 bits per heavy atom. The van der Waals surface area contributed by atoms with E-state index in [1.54, 1.807) is 24.3 Å². The van der Waals surface area contributed by atoms with E-state index in [-0.39, 0.29) is 11.7 Å². The van der Waals surface area contributed by atoms with Crippen LogP contribution in [0.4, 0.5) is 11.5 Å². The zero-order valence-electron chi connectivity index (χ0n) is 14.6. The Labute approximate surface area is 172 Å². The van der Waals surface area contributed by atoms with Gasteiger partial charge in [0.05, 0.1) is 10.0 Å². The number of nitrogens with zero attached hydrogens (tertiary/aromatic N) is 1. The van der Waals surface area contributed by atoms with Gasteiger partial charge in [0.15, 0.2) is 0 Å². The lowest BCUT2D eigenvalue weighted by atomic mass is 10.1. The molecule has 3 rings (SSSR count). The van der Waals surface area contributed by atoms with Crippen molar-refractivity contribution >= 4 is 46.4 Å². The molecule has 1 heterocycles. The van der Waals surface area contributed by atoms with Crippen molar-refractivity contribution in [2.45, 2.75) is 6.04 Å². The van der Waals surface area contributed by atoms with Crippen LogP contribution in [0.1, 0.15) is 17.2 Å². The Hall–Kier alpha value is -3.09. The Morgan fingerprint density at radius 3 is 2.46 bits per heavy atom. The first-order valence-corrected chi connectivity index (χ1v) is 9.07. The smallest absolute Gasteiger partial charge is 0.252 e. The summed E-state index contributed by atoms with van der Waals surface area (Å²) >= 11 is 12.0. The molecule has 0 aliphatic heterocycles. The highest BCUT2D eigenvalue weighted by Crippen LogP contribution is 2.27. The summed E-state index contributed by atoms with van der Waals surface area (Å²) in [4.78, 5) is 16.8. The Morgan fingerprint density at radius 1 is 1.04 bits per heavy atom. The van der Waals surface area contributed by atoms with Gasteiger partial charge in [0.25, 0.3) is 5.91 Å². The van der Waals surface area contributed by atoms with Gasteiger partial charge in [0.2, 0.25) is 0 Å². The number of rotatable bonds is 5. The molecule has 6 nitrogen and oxygen atoms in total. The number of amides is 1. The zero-order valence-corrected chi connectivity index (χ0v) is 16.1. The molecule has 3 aromatic rings. The first kappa shape index (κ1) is 19.7. The SMILES string of the molecule is N=C(NC(=O)C(Nc1ccc(Cl)c(Cl)c1)c1ccccc1)c1ccnc(N)c1. The number of nitrogen functional groups attached to an aromatic ring is 1. The lowest BCUT2D eigenvalue weighted by Crippen LogP contribution is -2.37. The molecule has 0 saturated carbocycles. The highest BCUT2D eigenvalue weighted by molar-refractivity contribution is 6.42. The van der Waals surface area contributed by atoms with Gasteiger partial charge in [0, 0.05) is 17.4 Å². The number of carbonyl (C=O) groups is 1. The van der Waals surface area contributed by atoms with Crippen molar-refractivity contribution in [3.63, 3.8) is 0 Å². The summed E-state index contributed by atoms with van der Waals surface area (Å²) in [6, 6.07) is 16.6. The number of pyridine rings is 1. The maximum atomic E-state index is 12.9. The molecule has 142 valence electrons. The first-order valence-electron chi connectivity index (χ1n) is 8.32. The summed E-state index contributed by atoms with van der Waals surface area (Å²) in [6.45, 7) is 0. The minimum atomic E-state index is -0.752. The van der Waals surface area contributed by atoms with E-state index in [9.17, 15) is 4.79 Å². The van der Waals surface area contributed by atoms with Crippen LogP contribution in [0.3, 0.4) is 0 Å². The van der Waals surface area contributed by atoms with Crippen LogP contribution in [0.5, 0.6) is 0 Å². The number of carbonyl (C=O) groups excluding carboxylic acids is 1. The van der Waals surface area contributed by atoms with E-state index in [1.165, 1.54) is 12.3 Å². The summed E-state index contributed by atoms with van der Waals surface area (Å²) in [7, 11) is 0. The number of anilines is 2. The molecule has 1 amide bonds. The molecule has 1 unspecified atom stereocenters. The number of aromatic nitrogens is 1. The molecular weight excluding hydrogens is 397 g/mol. The van der Waals surface area contributed by atoms with Crippen LogP contribution in [-0.2, 0) is 4.79 Å². The summed E-state index contributed by atoms with van der Waals surface area (Å²) in [5.41, 5.74) is 7.46. The fourth-order valence-corrected chi connectivity index (χ4v) is 2.87. The van der Waals surface area contributed by atoms with E-state index in [2.05, 4.69) is 15.6 Å². The van der Waals surface area contributed by atoms with Crippen molar-refractivity contribution in [1.29, 1.82) is 5.41 Å². The van der Waals surface area contributed by atoms with E-state index in [0.29, 0.717) is 21.3 Å². The lowest BCUT2D eigenvalue weighted by molar-refractivity contribution is -0.120. The van der Waals surface area contributed by atoms with E-state index in [0.717, 1.165) is 5.56 Å². The molecule has 0 aliphatic carbocycles. The first-order chi connectivity index (χ1) is 13.4. The second-order valence-corrected chi connectivity index (χ2v) is 6.76. The van der Waals surface area contributed by atoms with Gasteiger partial charge in [-0.1, -0.05) is 53.5 Å². The molecule has 1 atom stereocenters. The van der Waals surface area contributed by atoms with E-state index in [1.807, 2.05) is 30.3 Å². The number of hydrogen-bond acceptors (Lipinski definition) is 5. The van der Waals surface area contributed by atoms with Crippen LogP contribution in [0.25, 0.3) is 0 Å². The van der Waals surface area contributed by atoms with Gasteiger partial charge >= 0.3 is 0 Å². The average Bonchev–Trinajstić information content (AvgIpc) is 2.69. The summed E-state index contributed by atoms with van der Waals surface area (Å²) in [5.74, 6) is -0.210. The highest BCUT2D eigenvalue weighted by Gasteiger charge is 2.22. The van der Waals surface area contributed by atoms with Gasteiger partial charge in [-0.05, 0) is 35.9 Å². The van der Waals surface area contributed by atoms with E-state index >= 15 is 0 Å². The third-order valence-corrected chi connectivity index (χ3v) is 4.68. The van der Waals surface area contributed by atoms with Crippen LogP contribution < -0.4 is 16.4 Å². The van der Waals surface area contributed by atoms with Crippen molar-refractivity contribution in [2.24, 2.45) is 0 Å². The van der Waals surface area contributed by atoms with Crippen LogP contribution in [-0.4, -0.2) is 16.7 Å². The molecule has 0 spiro atoms. The molecule has 0 bridgehead atoms. The van der Waals surface area contributed by atoms with Crippen molar-refractivity contribution < 1.29 is 4.79 Å². The van der Waals surface area contributed by atoms with Gasteiger partial charge in [-0.15, -0.1) is 0 Å². The highest BCUT2D eigenvalue weighted by atomic mass is 35.5. The van der Waals surface area contributed by atoms with Gasteiger partial charge in [-0.25, -0.2) is 4.98 Å². The molecule has 0 fully saturated rings. The number of nitrogens with one attached hydrogen (secondary N) is 3. The average molecular weight is 414 g/mol. The van der Waals surface area contributed by atoms with Gasteiger partial charge in [0.1, 0.15) is 17.7 Å². The standard InChI is InChI=1S/C20H17Cl2N5O/c21-15-7-6-14(11-16(15)22)26-18(12-4-2-1-3-5-12)20(28)27-19(24)13-8-9-25-17(23)10-13/h1-11,18,26H,(H2,23,25)(H2,24,27,28). The number of hydrogen-bond donors (Lipinski definition) is 4. The Balaban J connectivity index is 1.85. The summed E-state index contributed by atoms with van der Waals surface area (Å²) in [6.07, 6.45) is 1.48. The monoisotopic (exact) mass is 413 g/mol. The van der Waals surface area contributed by atoms with E-state index in [4.69, 9.17) is 34.3 Å². The van der Waals surface area contributed by atoms with Gasteiger partial charge < -0.3 is 16.4 Å². The number of benzene rings is 2. The number of nitrogens with two attached hydrogens (primary N) is 1. The molecule has 5 N–H and O–H groups in total. The van der Waals surface area contributed by atoms with Crippen molar-refractivity contribution in [1.82, 2.24) is 10.3 Å². The molecule has 1 aromatic heterocycles. The zero-order chi connectivity index (χ0) is 20.1. The molecule has 8 heteroatoms. The predicted molar refractivity (Wildman–Crippen MR) is 113 cm³/mol. The van der Waals surface area contributed by atoms with Gasteiger partial charge in [-0.2, -0.15) is 0 Å². The third kappa shape index (κ3) is 4.79. The summed E-state index contributed by atoms with van der Waals surface area (Å²) < 4.78 is 0.